The van der Waals surface area contributed by atoms with Crippen LogP contribution in [0.5, 0.6) is 11.5 Å². The van der Waals surface area contributed by atoms with Crippen molar-refractivity contribution < 1.29 is 38.4 Å². The second-order valence-electron chi connectivity index (χ2n) is 8.51. The van der Waals surface area contributed by atoms with Crippen LogP contribution in [0, 0.1) is 5.41 Å². The minimum absolute atomic E-state index is 0. The molecule has 0 saturated carbocycles. The van der Waals surface area contributed by atoms with Gasteiger partial charge < -0.3 is 28.8 Å². The van der Waals surface area contributed by atoms with Crippen LogP contribution >= 0.6 is 0 Å². The molecule has 0 aliphatic carbocycles. The zero-order chi connectivity index (χ0) is 26.1. The Morgan fingerprint density at radius 2 is 1.39 bits per heavy atom. The van der Waals surface area contributed by atoms with Crippen LogP contribution in [0.1, 0.15) is 77.8 Å². The van der Waals surface area contributed by atoms with E-state index in [1.807, 2.05) is 6.07 Å². The minimum Gasteiger partial charge on any atom is -0.480 e. The molecular formula is C27H44AlO8. The van der Waals surface area contributed by atoms with Crippen molar-refractivity contribution >= 4 is 29.1 Å². The number of carbonyl (C=O) groups is 2. The van der Waals surface area contributed by atoms with Crippen LogP contribution in [-0.2, 0) is 36.8 Å². The van der Waals surface area contributed by atoms with Crippen LogP contribution in [0.4, 0.5) is 0 Å². The largest absolute Gasteiger partial charge is 0.480 e. The molecule has 0 spiro atoms. The number of unbranched alkanes of at least 4 members (excludes halogenated alkanes) is 1. The van der Waals surface area contributed by atoms with Gasteiger partial charge in [0.05, 0.1) is 33.0 Å². The van der Waals surface area contributed by atoms with E-state index in [0.717, 1.165) is 43.8 Å². The Labute approximate surface area is 227 Å². The predicted octanol–water partition coefficient (Wildman–Crippen LogP) is 4.80. The standard InChI is InChI=1S/C19H30O5.C8H14O3.Al/c1-3-5-7-20-8-9-21-10-11-22-14-17-13-19-18(23-15-24-19)12-16(17)6-4-2;1-4-8(5-2,6(3)9)7(10)11;/h12-13H,3-11,14-15H2,1-2H3;4-5H2,1-3H3,(H,10,11);. The number of carboxylic acid groups (broad SMARTS) is 1. The molecule has 1 heterocycles. The SMILES string of the molecule is CCC(CC)(C(C)=O)C(=O)O.CCCCOCCOCCOCc1cc2c(cc1CCC)OCO2.[Al]. The molecule has 3 radical (unpaired) electrons. The number of hydrogen-bond donors (Lipinski definition) is 1. The number of benzene rings is 1. The lowest BCUT2D eigenvalue weighted by atomic mass is 9.79. The number of Topliss-reactive ketones (excluding diaryl/α,β-unsaturated/α-hetero) is 1. The van der Waals surface area contributed by atoms with Gasteiger partial charge in [0.2, 0.25) is 6.79 Å². The van der Waals surface area contributed by atoms with Crippen LogP contribution < -0.4 is 9.47 Å². The normalized spacial score (nSPS) is 11.9. The monoisotopic (exact) mass is 523 g/mol. The number of carboxylic acids is 1. The number of ether oxygens (including phenoxy) is 5. The Balaban J connectivity index is 0.000000869. The van der Waals surface area contributed by atoms with Crippen LogP contribution in [0.25, 0.3) is 0 Å². The molecule has 0 bridgehead atoms. The average molecular weight is 524 g/mol. The summed E-state index contributed by atoms with van der Waals surface area (Å²) in [6, 6.07) is 4.12. The van der Waals surface area contributed by atoms with E-state index in [9.17, 15) is 9.59 Å². The first-order chi connectivity index (χ1) is 16.9. The molecule has 9 heteroatoms. The summed E-state index contributed by atoms with van der Waals surface area (Å²) < 4.78 is 27.6. The molecule has 2 rings (SSSR count). The second kappa shape index (κ2) is 19.5. The molecule has 0 atom stereocenters. The second-order valence-corrected chi connectivity index (χ2v) is 8.51. The summed E-state index contributed by atoms with van der Waals surface area (Å²) >= 11 is 0. The van der Waals surface area contributed by atoms with E-state index in [0.29, 0.717) is 52.7 Å². The number of carbonyl (C=O) groups excluding carboxylic acids is 1. The number of fused-ring (bicyclic) bond motifs is 1. The maximum absolute atomic E-state index is 11.0. The Morgan fingerprint density at radius 3 is 1.83 bits per heavy atom. The fraction of sp³-hybridized carbons (Fsp3) is 0.704. The van der Waals surface area contributed by atoms with Gasteiger partial charge in [-0.15, -0.1) is 0 Å². The predicted molar refractivity (Wildman–Crippen MR) is 140 cm³/mol. The van der Waals surface area contributed by atoms with Gasteiger partial charge in [0.1, 0.15) is 11.2 Å². The van der Waals surface area contributed by atoms with Gasteiger partial charge in [-0.05, 0) is 55.9 Å². The van der Waals surface area contributed by atoms with Crippen molar-refractivity contribution in [1.82, 2.24) is 0 Å². The van der Waals surface area contributed by atoms with Crippen molar-refractivity contribution in [3.8, 4) is 11.5 Å². The first-order valence-corrected chi connectivity index (χ1v) is 12.7. The molecule has 0 unspecified atom stereocenters. The van der Waals surface area contributed by atoms with Gasteiger partial charge >= 0.3 is 5.97 Å². The van der Waals surface area contributed by atoms with Crippen molar-refractivity contribution in [2.45, 2.75) is 79.8 Å². The number of rotatable bonds is 17. The van der Waals surface area contributed by atoms with Gasteiger partial charge in [-0.1, -0.05) is 40.5 Å². The summed E-state index contributed by atoms with van der Waals surface area (Å²) in [5.74, 6) is 0.396. The third-order valence-corrected chi connectivity index (χ3v) is 6.15. The highest BCUT2D eigenvalue weighted by molar-refractivity contribution is 6.01. The molecule has 1 aromatic carbocycles. The van der Waals surface area contributed by atoms with E-state index in [-0.39, 0.29) is 23.1 Å². The van der Waals surface area contributed by atoms with Gasteiger partial charge in [-0.25, -0.2) is 0 Å². The Bertz CT molecular complexity index is 748. The smallest absolute Gasteiger partial charge is 0.317 e. The molecule has 1 N–H and O–H groups in total. The van der Waals surface area contributed by atoms with Crippen molar-refractivity contribution in [3.05, 3.63) is 23.3 Å². The lowest BCUT2D eigenvalue weighted by molar-refractivity contribution is -0.154. The molecule has 1 aliphatic rings. The van der Waals surface area contributed by atoms with Gasteiger partial charge in [0.25, 0.3) is 0 Å². The molecule has 1 aromatic rings. The third kappa shape index (κ3) is 11.2. The number of ketones is 1. The number of aliphatic carboxylic acids is 1. The number of aryl methyl sites for hydroxylation is 1. The fourth-order valence-corrected chi connectivity index (χ4v) is 3.73. The summed E-state index contributed by atoms with van der Waals surface area (Å²) in [7, 11) is 0. The number of hydrogen-bond acceptors (Lipinski definition) is 7. The quantitative estimate of drug-likeness (QED) is 0.177. The van der Waals surface area contributed by atoms with E-state index >= 15 is 0 Å². The molecule has 36 heavy (non-hydrogen) atoms. The highest BCUT2D eigenvalue weighted by Crippen LogP contribution is 2.35. The summed E-state index contributed by atoms with van der Waals surface area (Å²) in [5.41, 5.74) is 1.30. The Morgan fingerprint density at radius 1 is 0.861 bits per heavy atom. The Hall–Kier alpha value is -1.63. The zero-order valence-electron chi connectivity index (χ0n) is 22.7. The van der Waals surface area contributed by atoms with Gasteiger partial charge in [0, 0.05) is 24.0 Å². The van der Waals surface area contributed by atoms with Crippen molar-refractivity contribution in [2.75, 3.05) is 39.8 Å². The molecule has 1 aliphatic heterocycles. The third-order valence-electron chi connectivity index (χ3n) is 6.15. The molecule has 0 amide bonds. The minimum atomic E-state index is -1.14. The molecule has 203 valence electrons. The van der Waals surface area contributed by atoms with E-state index < -0.39 is 11.4 Å². The summed E-state index contributed by atoms with van der Waals surface area (Å²) in [6.45, 7) is 13.2. The summed E-state index contributed by atoms with van der Waals surface area (Å²) in [4.78, 5) is 21.7. The maximum Gasteiger partial charge on any atom is 0.317 e. The highest BCUT2D eigenvalue weighted by Gasteiger charge is 2.39. The molecule has 0 aromatic heterocycles. The average Bonchev–Trinajstić information content (AvgIpc) is 3.29. The fourth-order valence-electron chi connectivity index (χ4n) is 3.73. The zero-order valence-corrected chi connectivity index (χ0v) is 23.9. The lowest BCUT2D eigenvalue weighted by Gasteiger charge is -2.22. The van der Waals surface area contributed by atoms with Gasteiger partial charge in [-0.3, -0.25) is 9.59 Å². The molecule has 0 fully saturated rings. The topological polar surface area (TPSA) is 101 Å². The van der Waals surface area contributed by atoms with Crippen LogP contribution in [0.3, 0.4) is 0 Å². The first kappa shape index (κ1) is 34.4. The van der Waals surface area contributed by atoms with E-state index in [1.54, 1.807) is 13.8 Å². The van der Waals surface area contributed by atoms with Crippen LogP contribution in [0.2, 0.25) is 0 Å². The maximum atomic E-state index is 11.0. The molecule has 8 nitrogen and oxygen atoms in total. The van der Waals surface area contributed by atoms with E-state index in [1.165, 1.54) is 18.1 Å². The molecule has 0 saturated heterocycles. The van der Waals surface area contributed by atoms with Crippen molar-refractivity contribution in [2.24, 2.45) is 5.41 Å². The van der Waals surface area contributed by atoms with Crippen LogP contribution in [0.15, 0.2) is 12.1 Å². The first-order valence-electron chi connectivity index (χ1n) is 12.7. The van der Waals surface area contributed by atoms with Crippen LogP contribution in [-0.4, -0.2) is 74.0 Å². The lowest BCUT2D eigenvalue weighted by Crippen LogP contribution is -2.36. The van der Waals surface area contributed by atoms with E-state index in [2.05, 4.69) is 19.9 Å². The summed E-state index contributed by atoms with van der Waals surface area (Å²) in [5, 5.41) is 8.77. The van der Waals surface area contributed by atoms with Crippen molar-refractivity contribution in [1.29, 1.82) is 0 Å². The highest BCUT2D eigenvalue weighted by atomic mass is 27.0. The molecular weight excluding hydrogens is 479 g/mol. The summed E-state index contributed by atoms with van der Waals surface area (Å²) in [6.07, 6.45) is 5.12. The van der Waals surface area contributed by atoms with E-state index in [4.69, 9.17) is 28.8 Å². The van der Waals surface area contributed by atoms with Gasteiger partial charge in [-0.2, -0.15) is 0 Å². The van der Waals surface area contributed by atoms with Crippen molar-refractivity contribution in [3.63, 3.8) is 0 Å². The Kier molecular flexibility index (Phi) is 18.6. The van der Waals surface area contributed by atoms with Gasteiger partial charge in [0.15, 0.2) is 11.5 Å².